The van der Waals surface area contributed by atoms with Gasteiger partial charge in [0.05, 0.1) is 17.1 Å². The number of carbonyl (C=O) groups excluding carboxylic acids is 1. The van der Waals surface area contributed by atoms with E-state index in [-0.39, 0.29) is 23.0 Å². The number of sulfonamides is 1. The highest BCUT2D eigenvalue weighted by atomic mass is 32.2. The van der Waals surface area contributed by atoms with Crippen molar-refractivity contribution in [2.75, 3.05) is 18.4 Å². The van der Waals surface area contributed by atoms with Crippen LogP contribution in [-0.4, -0.2) is 48.9 Å². The fourth-order valence-electron chi connectivity index (χ4n) is 2.88. The molecule has 1 saturated heterocycles. The molecule has 2 heterocycles. The van der Waals surface area contributed by atoms with Gasteiger partial charge in [0.25, 0.3) is 5.91 Å². The molecule has 0 saturated carbocycles. The summed E-state index contributed by atoms with van der Waals surface area (Å²) in [4.78, 5) is 16.3. The van der Waals surface area contributed by atoms with Gasteiger partial charge in [-0.05, 0) is 50.2 Å². The second kappa shape index (κ2) is 7.53. The van der Waals surface area contributed by atoms with Gasteiger partial charge in [-0.15, -0.1) is 0 Å². The summed E-state index contributed by atoms with van der Waals surface area (Å²) in [5.74, 6) is -0.350. The number of hydrogen-bond donors (Lipinski definition) is 1. The maximum absolute atomic E-state index is 12.8. The Morgan fingerprint density at radius 3 is 2.35 bits per heavy atom. The Kier molecular flexibility index (Phi) is 5.36. The molecule has 1 N–H and O–H groups in total. The summed E-state index contributed by atoms with van der Waals surface area (Å²) in [6.07, 6.45) is 1.24. The van der Waals surface area contributed by atoms with Gasteiger partial charge in [0.15, 0.2) is 0 Å². The first-order valence-corrected chi connectivity index (χ1v) is 9.78. The molecule has 1 fully saturated rings. The molecular formula is C18H21N3O4S. The summed E-state index contributed by atoms with van der Waals surface area (Å²) in [5.41, 5.74) is 0.795. The van der Waals surface area contributed by atoms with E-state index in [0.717, 1.165) is 0 Å². The Bertz CT molecular complexity index is 859. The number of anilines is 1. The first-order chi connectivity index (χ1) is 12.4. The molecule has 0 bridgehead atoms. The fraction of sp³-hybridized carbons (Fsp3) is 0.333. The Morgan fingerprint density at radius 1 is 1.12 bits per heavy atom. The van der Waals surface area contributed by atoms with Crippen LogP contribution in [0.3, 0.4) is 0 Å². The fourth-order valence-corrected chi connectivity index (χ4v) is 4.47. The third kappa shape index (κ3) is 4.09. The summed E-state index contributed by atoms with van der Waals surface area (Å²) < 4.78 is 32.6. The SMILES string of the molecule is C[C@H]1CN(S(=O)(=O)c2ccc(NC(=O)c3ccccn3)cc2)C[C@H](C)O1. The molecule has 1 aromatic carbocycles. The van der Waals surface area contributed by atoms with Crippen molar-refractivity contribution in [2.45, 2.75) is 31.0 Å². The Labute approximate surface area is 153 Å². The zero-order chi connectivity index (χ0) is 18.7. The molecule has 3 rings (SSSR count). The van der Waals surface area contributed by atoms with Crippen LogP contribution in [0.2, 0.25) is 0 Å². The van der Waals surface area contributed by atoms with Gasteiger partial charge >= 0.3 is 0 Å². The van der Waals surface area contributed by atoms with E-state index in [4.69, 9.17) is 4.74 Å². The maximum Gasteiger partial charge on any atom is 0.274 e. The van der Waals surface area contributed by atoms with E-state index >= 15 is 0 Å². The number of nitrogens with one attached hydrogen (secondary N) is 1. The van der Waals surface area contributed by atoms with Crippen molar-refractivity contribution < 1.29 is 17.9 Å². The number of pyridine rings is 1. The molecule has 8 heteroatoms. The van der Waals surface area contributed by atoms with Crippen LogP contribution in [0.25, 0.3) is 0 Å². The number of nitrogens with zero attached hydrogens (tertiary/aromatic N) is 2. The number of morpholine rings is 1. The summed E-state index contributed by atoms with van der Waals surface area (Å²) in [6.45, 7) is 4.36. The molecule has 1 aliphatic heterocycles. The van der Waals surface area contributed by atoms with E-state index in [1.54, 1.807) is 30.3 Å². The van der Waals surface area contributed by atoms with Crippen molar-refractivity contribution in [2.24, 2.45) is 0 Å². The second-order valence-corrected chi connectivity index (χ2v) is 8.21. The van der Waals surface area contributed by atoms with Crippen molar-refractivity contribution in [1.29, 1.82) is 0 Å². The van der Waals surface area contributed by atoms with Gasteiger partial charge in [0.2, 0.25) is 10.0 Å². The average Bonchev–Trinajstić information content (AvgIpc) is 2.62. The third-order valence-electron chi connectivity index (χ3n) is 4.03. The predicted molar refractivity (Wildman–Crippen MR) is 97.4 cm³/mol. The standard InChI is InChI=1S/C18H21N3O4S/c1-13-11-21(12-14(2)25-13)26(23,24)16-8-6-15(7-9-16)20-18(22)17-5-3-4-10-19-17/h3-10,13-14H,11-12H2,1-2H3,(H,20,22)/t13-,14-/m0/s1. The molecule has 0 spiro atoms. The molecule has 1 aliphatic rings. The lowest BCUT2D eigenvalue weighted by Crippen LogP contribution is -2.48. The van der Waals surface area contributed by atoms with Gasteiger partial charge in [-0.3, -0.25) is 9.78 Å². The van der Waals surface area contributed by atoms with E-state index in [9.17, 15) is 13.2 Å². The minimum atomic E-state index is -3.60. The van der Waals surface area contributed by atoms with Gasteiger partial charge in [0, 0.05) is 25.0 Å². The van der Waals surface area contributed by atoms with E-state index in [1.165, 1.54) is 22.6 Å². The van der Waals surface area contributed by atoms with Crippen LogP contribution in [-0.2, 0) is 14.8 Å². The molecule has 2 atom stereocenters. The topological polar surface area (TPSA) is 88.6 Å². The van der Waals surface area contributed by atoms with E-state index < -0.39 is 10.0 Å². The lowest BCUT2D eigenvalue weighted by Gasteiger charge is -2.34. The van der Waals surface area contributed by atoms with Crippen molar-refractivity contribution in [1.82, 2.24) is 9.29 Å². The number of aromatic nitrogens is 1. The zero-order valence-corrected chi connectivity index (χ0v) is 15.4. The summed E-state index contributed by atoms with van der Waals surface area (Å²) in [6, 6.07) is 11.2. The highest BCUT2D eigenvalue weighted by Crippen LogP contribution is 2.22. The van der Waals surface area contributed by atoms with Gasteiger partial charge in [0.1, 0.15) is 5.69 Å². The monoisotopic (exact) mass is 375 g/mol. The van der Waals surface area contributed by atoms with E-state index in [1.807, 2.05) is 13.8 Å². The van der Waals surface area contributed by atoms with Crippen LogP contribution >= 0.6 is 0 Å². The van der Waals surface area contributed by atoms with Crippen molar-refractivity contribution in [3.63, 3.8) is 0 Å². The second-order valence-electron chi connectivity index (χ2n) is 6.27. The van der Waals surface area contributed by atoms with E-state index in [2.05, 4.69) is 10.3 Å². The quantitative estimate of drug-likeness (QED) is 0.884. The largest absolute Gasteiger partial charge is 0.373 e. The smallest absolute Gasteiger partial charge is 0.274 e. The van der Waals surface area contributed by atoms with Crippen molar-refractivity contribution in [3.05, 3.63) is 54.4 Å². The van der Waals surface area contributed by atoms with Crippen LogP contribution in [0.4, 0.5) is 5.69 Å². The Morgan fingerprint density at radius 2 is 1.77 bits per heavy atom. The van der Waals surface area contributed by atoms with Crippen molar-refractivity contribution >= 4 is 21.6 Å². The van der Waals surface area contributed by atoms with Crippen LogP contribution in [0, 0.1) is 0 Å². The average molecular weight is 375 g/mol. The first-order valence-electron chi connectivity index (χ1n) is 8.34. The molecule has 0 aliphatic carbocycles. The lowest BCUT2D eigenvalue weighted by molar-refractivity contribution is -0.0440. The number of ether oxygens (including phenoxy) is 1. The minimum absolute atomic E-state index is 0.148. The zero-order valence-electron chi connectivity index (χ0n) is 14.6. The molecule has 1 amide bonds. The summed E-state index contributed by atoms with van der Waals surface area (Å²) in [5, 5.41) is 2.70. The highest BCUT2D eigenvalue weighted by molar-refractivity contribution is 7.89. The molecule has 7 nitrogen and oxygen atoms in total. The number of benzene rings is 1. The molecule has 1 aromatic heterocycles. The van der Waals surface area contributed by atoms with Gasteiger partial charge in [-0.1, -0.05) is 6.07 Å². The Balaban J connectivity index is 1.73. The number of carbonyl (C=O) groups is 1. The normalized spacial score (nSPS) is 21.3. The van der Waals surface area contributed by atoms with Gasteiger partial charge in [-0.25, -0.2) is 8.42 Å². The third-order valence-corrected chi connectivity index (χ3v) is 5.88. The number of hydrogen-bond acceptors (Lipinski definition) is 5. The van der Waals surface area contributed by atoms with Crippen LogP contribution < -0.4 is 5.32 Å². The molecule has 0 radical (unpaired) electrons. The van der Waals surface area contributed by atoms with Crippen LogP contribution in [0.5, 0.6) is 0 Å². The molecule has 0 unspecified atom stereocenters. The van der Waals surface area contributed by atoms with E-state index in [0.29, 0.717) is 24.5 Å². The first kappa shape index (κ1) is 18.5. The van der Waals surface area contributed by atoms with Crippen LogP contribution in [0.1, 0.15) is 24.3 Å². The molecular weight excluding hydrogens is 354 g/mol. The minimum Gasteiger partial charge on any atom is -0.373 e. The highest BCUT2D eigenvalue weighted by Gasteiger charge is 2.32. The summed E-state index contributed by atoms with van der Waals surface area (Å²) >= 11 is 0. The lowest BCUT2D eigenvalue weighted by atomic mass is 10.3. The van der Waals surface area contributed by atoms with Gasteiger partial charge < -0.3 is 10.1 Å². The van der Waals surface area contributed by atoms with Crippen LogP contribution in [0.15, 0.2) is 53.6 Å². The number of rotatable bonds is 4. The van der Waals surface area contributed by atoms with Gasteiger partial charge in [-0.2, -0.15) is 4.31 Å². The summed E-state index contributed by atoms with van der Waals surface area (Å²) in [7, 11) is -3.60. The molecule has 26 heavy (non-hydrogen) atoms. The molecule has 2 aromatic rings. The predicted octanol–water partition coefficient (Wildman–Crippen LogP) is 2.13. The number of amides is 1. The van der Waals surface area contributed by atoms with Crippen molar-refractivity contribution in [3.8, 4) is 0 Å². The Hall–Kier alpha value is -2.29. The maximum atomic E-state index is 12.8. The molecule has 138 valence electrons.